The first kappa shape index (κ1) is 22.7. The maximum Gasteiger partial charge on any atom is 0.233 e. The average Bonchev–Trinajstić information content (AvgIpc) is 3.33. The Morgan fingerprint density at radius 3 is 2.34 bits per heavy atom. The summed E-state index contributed by atoms with van der Waals surface area (Å²) in [7, 11) is 0. The fraction of sp³-hybridized carbons (Fsp3) is 0.643. The van der Waals surface area contributed by atoms with Crippen molar-refractivity contribution in [3.8, 4) is 0 Å². The molecule has 184 valence electrons. The molecule has 1 amide bonds. The topological polar surface area (TPSA) is 63.6 Å². The molecule has 1 aromatic carbocycles. The van der Waals surface area contributed by atoms with E-state index in [0.717, 1.165) is 55.9 Å². The van der Waals surface area contributed by atoms with Crippen LogP contribution in [0.3, 0.4) is 0 Å². The molecule has 7 heteroatoms. The van der Waals surface area contributed by atoms with Crippen molar-refractivity contribution in [1.29, 1.82) is 0 Å². The number of nitrogens with zero attached hydrogens (tertiary/aromatic N) is 4. The molecule has 0 radical (unpaired) electrons. The number of benzene rings is 1. The number of alkyl halides is 1. The summed E-state index contributed by atoms with van der Waals surface area (Å²) in [5.74, 6) is 1.57. The van der Waals surface area contributed by atoms with Crippen LogP contribution in [0.2, 0.25) is 0 Å². The number of halogens is 1. The Morgan fingerprint density at radius 1 is 1.14 bits per heavy atom. The predicted molar refractivity (Wildman–Crippen MR) is 130 cm³/mol. The number of hydrogen-bond donors (Lipinski definition) is 0. The van der Waals surface area contributed by atoms with E-state index in [1.165, 1.54) is 0 Å². The summed E-state index contributed by atoms with van der Waals surface area (Å²) in [6.07, 6.45) is 6.94. The van der Waals surface area contributed by atoms with Gasteiger partial charge in [-0.05, 0) is 75.3 Å². The molecule has 0 atom stereocenters. The number of rotatable bonds is 5. The fourth-order valence-electron chi connectivity index (χ4n) is 7.09. The fourth-order valence-corrected chi connectivity index (χ4v) is 7.09. The van der Waals surface area contributed by atoms with Crippen LogP contribution in [0.5, 0.6) is 0 Å². The normalized spacial score (nSPS) is 35.1. The van der Waals surface area contributed by atoms with Crippen LogP contribution in [0.15, 0.2) is 28.8 Å². The first-order chi connectivity index (χ1) is 16.5. The van der Waals surface area contributed by atoms with Gasteiger partial charge in [0.1, 0.15) is 5.67 Å². The van der Waals surface area contributed by atoms with Gasteiger partial charge in [0.25, 0.3) is 0 Å². The van der Waals surface area contributed by atoms with Gasteiger partial charge in [0, 0.05) is 23.1 Å². The van der Waals surface area contributed by atoms with Gasteiger partial charge in [-0.2, -0.15) is 4.98 Å². The van der Waals surface area contributed by atoms with Crippen molar-refractivity contribution in [3.63, 3.8) is 0 Å². The average molecular weight is 477 g/mol. The molecule has 6 saturated carbocycles. The molecule has 0 unspecified atom stereocenters. The molecule has 35 heavy (non-hydrogen) atoms. The highest BCUT2D eigenvalue weighted by Gasteiger charge is 2.73. The SMILES string of the molecule is [C-]#[N+]c1cccc(N(CC23CCC(c4nc(C(C)(C)C)no4)(CC2)CC3)C(=O)C23CC(F)(C2)C3)c1. The van der Waals surface area contributed by atoms with Crippen molar-refractivity contribution < 1.29 is 13.7 Å². The van der Waals surface area contributed by atoms with Gasteiger partial charge in [-0.1, -0.05) is 38.1 Å². The van der Waals surface area contributed by atoms with E-state index in [2.05, 4.69) is 30.8 Å². The minimum atomic E-state index is -1.12. The number of carbonyl (C=O) groups excluding carboxylic acids is 1. The van der Waals surface area contributed by atoms with Gasteiger partial charge in [-0.15, -0.1) is 0 Å². The van der Waals surface area contributed by atoms with Gasteiger partial charge in [-0.3, -0.25) is 4.79 Å². The van der Waals surface area contributed by atoms with Crippen molar-refractivity contribution in [2.24, 2.45) is 10.8 Å². The third-order valence-corrected chi connectivity index (χ3v) is 9.38. The largest absolute Gasteiger partial charge is 0.339 e. The maximum atomic E-state index is 14.3. The molecule has 2 aromatic rings. The summed E-state index contributed by atoms with van der Waals surface area (Å²) in [4.78, 5) is 24.1. The molecular formula is C28H33FN4O2. The Morgan fingerprint density at radius 2 is 1.80 bits per heavy atom. The van der Waals surface area contributed by atoms with Gasteiger partial charge >= 0.3 is 0 Å². The lowest BCUT2D eigenvalue weighted by atomic mass is 9.41. The predicted octanol–water partition coefficient (Wildman–Crippen LogP) is 6.44. The van der Waals surface area contributed by atoms with Crippen molar-refractivity contribution in [1.82, 2.24) is 10.1 Å². The zero-order valence-electron chi connectivity index (χ0n) is 20.9. The number of fused-ring (bicyclic) bond motifs is 3. The minimum absolute atomic E-state index is 0.0232. The molecule has 8 rings (SSSR count). The summed E-state index contributed by atoms with van der Waals surface area (Å²) in [6, 6.07) is 7.33. The standard InChI is InChI=1S/C28H33FN4O2/c1-24(2,3)21-31-22(35-32-21)26-11-8-25(9-12-26,10-13-26)18-33(20-7-5-6-19(14-20)30-4)23(34)27-15-28(29,16-27)17-27/h5-7,14H,8-13,15-18H2,1-3H3. The summed E-state index contributed by atoms with van der Waals surface area (Å²) >= 11 is 0. The Balaban J connectivity index is 1.24. The second-order valence-corrected chi connectivity index (χ2v) is 12.9. The monoisotopic (exact) mass is 476 g/mol. The smallest absolute Gasteiger partial charge is 0.233 e. The van der Waals surface area contributed by atoms with Crippen LogP contribution in [-0.2, 0) is 15.6 Å². The van der Waals surface area contributed by atoms with Crippen LogP contribution >= 0.6 is 0 Å². The molecule has 0 N–H and O–H groups in total. The van der Waals surface area contributed by atoms with Crippen LogP contribution in [0.25, 0.3) is 4.85 Å². The molecular weight excluding hydrogens is 443 g/mol. The van der Waals surface area contributed by atoms with E-state index in [4.69, 9.17) is 16.1 Å². The van der Waals surface area contributed by atoms with E-state index in [0.29, 0.717) is 31.5 Å². The summed E-state index contributed by atoms with van der Waals surface area (Å²) in [6.45, 7) is 14.3. The third-order valence-electron chi connectivity index (χ3n) is 9.38. The molecule has 1 heterocycles. The zero-order chi connectivity index (χ0) is 24.7. The zero-order valence-corrected chi connectivity index (χ0v) is 20.9. The molecule has 6 nitrogen and oxygen atoms in total. The van der Waals surface area contributed by atoms with Crippen molar-refractivity contribution >= 4 is 17.3 Å². The number of hydrogen-bond acceptors (Lipinski definition) is 4. The van der Waals surface area contributed by atoms with Gasteiger partial charge in [0.15, 0.2) is 11.5 Å². The molecule has 1 aromatic heterocycles. The van der Waals surface area contributed by atoms with Crippen molar-refractivity contribution in [3.05, 3.63) is 47.4 Å². The number of amides is 1. The molecule has 0 saturated heterocycles. The van der Waals surface area contributed by atoms with E-state index < -0.39 is 11.1 Å². The van der Waals surface area contributed by atoms with E-state index in [1.54, 1.807) is 12.1 Å². The van der Waals surface area contributed by atoms with E-state index in [-0.39, 0.29) is 22.2 Å². The Labute approximate surface area is 206 Å². The van der Waals surface area contributed by atoms with Gasteiger partial charge < -0.3 is 9.42 Å². The Kier molecular flexibility index (Phi) is 4.64. The van der Waals surface area contributed by atoms with E-state index in [9.17, 15) is 9.18 Å². The molecule has 4 bridgehead atoms. The Bertz CT molecular complexity index is 1190. The second kappa shape index (κ2) is 7.15. The van der Waals surface area contributed by atoms with Crippen molar-refractivity contribution in [2.75, 3.05) is 11.4 Å². The minimum Gasteiger partial charge on any atom is -0.339 e. The quantitative estimate of drug-likeness (QED) is 0.466. The second-order valence-electron chi connectivity index (χ2n) is 12.9. The molecule has 6 fully saturated rings. The van der Waals surface area contributed by atoms with E-state index >= 15 is 0 Å². The van der Waals surface area contributed by atoms with Gasteiger partial charge in [-0.25, -0.2) is 9.24 Å². The lowest BCUT2D eigenvalue weighted by Gasteiger charge is -2.65. The van der Waals surface area contributed by atoms with E-state index in [1.807, 2.05) is 17.0 Å². The number of aromatic nitrogens is 2. The van der Waals surface area contributed by atoms with Crippen LogP contribution in [0, 0.1) is 17.4 Å². The summed E-state index contributed by atoms with van der Waals surface area (Å²) in [5, 5.41) is 4.28. The van der Waals surface area contributed by atoms with Crippen LogP contribution < -0.4 is 4.90 Å². The van der Waals surface area contributed by atoms with Crippen LogP contribution in [-0.4, -0.2) is 28.3 Å². The van der Waals surface area contributed by atoms with Gasteiger partial charge in [0.05, 0.1) is 12.0 Å². The molecule has 6 aliphatic carbocycles. The lowest BCUT2D eigenvalue weighted by molar-refractivity contribution is -0.211. The molecule has 6 aliphatic rings. The first-order valence-corrected chi connectivity index (χ1v) is 12.8. The van der Waals surface area contributed by atoms with Crippen molar-refractivity contribution in [2.45, 2.75) is 95.1 Å². The molecule has 0 aliphatic heterocycles. The number of carbonyl (C=O) groups is 1. The summed E-state index contributed by atoms with van der Waals surface area (Å²) in [5.41, 5.74) is -0.560. The highest BCUT2D eigenvalue weighted by atomic mass is 19.1. The first-order valence-electron chi connectivity index (χ1n) is 12.8. The number of anilines is 1. The highest BCUT2D eigenvalue weighted by molar-refractivity contribution is 6.00. The molecule has 0 spiro atoms. The van der Waals surface area contributed by atoms with Crippen LogP contribution in [0.4, 0.5) is 15.8 Å². The lowest BCUT2D eigenvalue weighted by Crippen LogP contribution is -2.71. The Hall–Kier alpha value is -2.75. The maximum absolute atomic E-state index is 14.3. The van der Waals surface area contributed by atoms with Crippen LogP contribution in [0.1, 0.15) is 90.3 Å². The third kappa shape index (κ3) is 3.43. The highest BCUT2D eigenvalue weighted by Crippen LogP contribution is 2.70. The van der Waals surface area contributed by atoms with Gasteiger partial charge in [0.2, 0.25) is 11.8 Å². The summed E-state index contributed by atoms with van der Waals surface area (Å²) < 4.78 is 20.1.